The van der Waals surface area contributed by atoms with Crippen molar-refractivity contribution in [2.24, 2.45) is 5.14 Å². The van der Waals surface area contributed by atoms with Gasteiger partial charge in [-0.15, -0.1) is 0 Å². The number of carbonyl (C=O) groups is 1. The van der Waals surface area contributed by atoms with Gasteiger partial charge < -0.3 is 9.88 Å². The number of nitrogens with two attached hydrogens (primary N) is 1. The van der Waals surface area contributed by atoms with Crippen LogP contribution in [0.2, 0.25) is 0 Å². The van der Waals surface area contributed by atoms with Crippen LogP contribution in [-0.4, -0.2) is 24.0 Å². The van der Waals surface area contributed by atoms with E-state index in [9.17, 15) is 13.2 Å². The van der Waals surface area contributed by atoms with E-state index in [-0.39, 0.29) is 15.9 Å². The molecule has 28 heavy (non-hydrogen) atoms. The monoisotopic (exact) mass is 415 g/mol. The molecule has 0 bridgehead atoms. The number of anilines is 1. The van der Waals surface area contributed by atoms with Crippen LogP contribution in [-0.2, 0) is 10.0 Å². The fraction of sp³-hybridized carbons (Fsp3) is 0. The molecule has 10 heteroatoms. The molecular weight excluding hydrogens is 398 g/mol. The number of sulfonamides is 1. The van der Waals surface area contributed by atoms with Crippen molar-refractivity contribution >= 4 is 38.9 Å². The first-order chi connectivity index (χ1) is 13.3. The number of amides is 1. The summed E-state index contributed by atoms with van der Waals surface area (Å²) in [4.78, 5) is 12.2. The summed E-state index contributed by atoms with van der Waals surface area (Å²) in [6.07, 6.45) is 3.83. The lowest BCUT2D eigenvalue weighted by Crippen LogP contribution is -2.43. The summed E-state index contributed by atoms with van der Waals surface area (Å²) in [7, 11) is -3.75. The number of aromatic nitrogens is 1. The average molecular weight is 416 g/mol. The second-order valence-electron chi connectivity index (χ2n) is 5.74. The molecule has 8 nitrogen and oxygen atoms in total. The third kappa shape index (κ3) is 4.94. The number of thiocarbonyl (C=S) groups is 1. The number of nitrogens with zero attached hydrogens (tertiary/aromatic N) is 1. The van der Waals surface area contributed by atoms with Crippen LogP contribution >= 0.6 is 12.2 Å². The molecule has 0 saturated carbocycles. The summed E-state index contributed by atoms with van der Waals surface area (Å²) in [5, 5.41) is 8.01. The third-order valence-corrected chi connectivity index (χ3v) is 4.90. The number of primary sulfonamides is 1. The smallest absolute Gasteiger partial charge is 0.269 e. The Kier molecular flexibility index (Phi) is 5.73. The van der Waals surface area contributed by atoms with E-state index in [2.05, 4.69) is 16.2 Å². The van der Waals surface area contributed by atoms with Gasteiger partial charge >= 0.3 is 0 Å². The Morgan fingerprint density at radius 3 is 2.11 bits per heavy atom. The van der Waals surface area contributed by atoms with Gasteiger partial charge in [-0.3, -0.25) is 15.6 Å². The first kappa shape index (κ1) is 19.5. The van der Waals surface area contributed by atoms with Crippen LogP contribution in [0.15, 0.2) is 78.0 Å². The molecular formula is C18H17N5O3S2. The standard InChI is InChI=1S/C18H17N5O3S2/c19-28(25,26)16-9-5-14(6-10-16)20-18(27)22-21-17(24)13-3-7-15(8-4-13)23-11-1-2-12-23/h1-12H,(H,21,24)(H2,19,25,26)(H2,20,22,27). The molecule has 1 heterocycles. The summed E-state index contributed by atoms with van der Waals surface area (Å²) in [5.74, 6) is -0.354. The molecule has 2 aromatic carbocycles. The lowest BCUT2D eigenvalue weighted by Gasteiger charge is -2.12. The van der Waals surface area contributed by atoms with E-state index in [1.807, 2.05) is 41.2 Å². The van der Waals surface area contributed by atoms with Gasteiger partial charge in [0.25, 0.3) is 5.91 Å². The molecule has 0 unspecified atom stereocenters. The Hall–Kier alpha value is -3.21. The van der Waals surface area contributed by atoms with E-state index in [1.54, 1.807) is 12.1 Å². The van der Waals surface area contributed by atoms with E-state index in [0.29, 0.717) is 11.3 Å². The zero-order chi connectivity index (χ0) is 20.1. The summed E-state index contributed by atoms with van der Waals surface area (Å²) in [6.45, 7) is 0. The maximum atomic E-state index is 12.2. The topological polar surface area (TPSA) is 118 Å². The summed E-state index contributed by atoms with van der Waals surface area (Å²) < 4.78 is 24.4. The second-order valence-corrected chi connectivity index (χ2v) is 7.71. The van der Waals surface area contributed by atoms with Crippen LogP contribution in [0.4, 0.5) is 5.69 Å². The highest BCUT2D eigenvalue weighted by Crippen LogP contribution is 2.12. The molecule has 144 valence electrons. The lowest BCUT2D eigenvalue weighted by molar-refractivity contribution is 0.0944. The van der Waals surface area contributed by atoms with Gasteiger partial charge in [-0.25, -0.2) is 13.6 Å². The van der Waals surface area contributed by atoms with Crippen molar-refractivity contribution in [3.05, 3.63) is 78.6 Å². The predicted molar refractivity (Wildman–Crippen MR) is 110 cm³/mol. The Morgan fingerprint density at radius 1 is 0.929 bits per heavy atom. The Bertz CT molecular complexity index is 1080. The number of carbonyl (C=O) groups excluding carboxylic acids is 1. The molecule has 0 radical (unpaired) electrons. The minimum absolute atomic E-state index is 0.00594. The van der Waals surface area contributed by atoms with Crippen molar-refractivity contribution in [3.8, 4) is 5.69 Å². The van der Waals surface area contributed by atoms with Crippen molar-refractivity contribution in [1.82, 2.24) is 15.4 Å². The first-order valence-electron chi connectivity index (χ1n) is 8.06. The van der Waals surface area contributed by atoms with E-state index in [4.69, 9.17) is 17.4 Å². The van der Waals surface area contributed by atoms with Gasteiger partial charge in [0.1, 0.15) is 0 Å². The van der Waals surface area contributed by atoms with Gasteiger partial charge in [0.15, 0.2) is 5.11 Å². The summed E-state index contributed by atoms with van der Waals surface area (Å²) in [6, 6.07) is 16.6. The van der Waals surface area contributed by atoms with Crippen molar-refractivity contribution in [2.75, 3.05) is 5.32 Å². The molecule has 0 aliphatic carbocycles. The minimum atomic E-state index is -3.75. The first-order valence-corrected chi connectivity index (χ1v) is 10.0. The maximum Gasteiger partial charge on any atom is 0.269 e. The number of hydrazine groups is 1. The molecule has 3 aromatic rings. The van der Waals surface area contributed by atoms with E-state index in [0.717, 1.165) is 5.69 Å². The molecule has 1 aromatic heterocycles. The van der Waals surface area contributed by atoms with Crippen LogP contribution in [0, 0.1) is 0 Å². The van der Waals surface area contributed by atoms with Crippen molar-refractivity contribution in [2.45, 2.75) is 4.90 Å². The number of hydrogen-bond acceptors (Lipinski definition) is 4. The Labute approximate surface area is 167 Å². The second kappa shape index (κ2) is 8.21. The molecule has 1 amide bonds. The fourth-order valence-electron chi connectivity index (χ4n) is 2.37. The minimum Gasteiger partial charge on any atom is -0.331 e. The van der Waals surface area contributed by atoms with Gasteiger partial charge in [0.05, 0.1) is 4.90 Å². The summed E-state index contributed by atoms with van der Waals surface area (Å²) in [5.41, 5.74) is 7.02. The fourth-order valence-corrected chi connectivity index (χ4v) is 3.05. The van der Waals surface area contributed by atoms with Crippen LogP contribution in [0.5, 0.6) is 0 Å². The van der Waals surface area contributed by atoms with Gasteiger partial charge in [0.2, 0.25) is 10.0 Å². The quantitative estimate of drug-likeness (QED) is 0.381. The highest BCUT2D eigenvalue weighted by atomic mass is 32.2. The predicted octanol–water partition coefficient (Wildman–Crippen LogP) is 1.76. The van der Waals surface area contributed by atoms with Crippen LogP contribution in [0.3, 0.4) is 0 Å². The van der Waals surface area contributed by atoms with Gasteiger partial charge in [-0.05, 0) is 72.9 Å². The average Bonchev–Trinajstić information content (AvgIpc) is 3.21. The molecule has 0 fully saturated rings. The highest BCUT2D eigenvalue weighted by Gasteiger charge is 2.08. The third-order valence-electron chi connectivity index (χ3n) is 3.76. The Balaban J connectivity index is 1.53. The normalized spacial score (nSPS) is 10.9. The number of nitrogens with one attached hydrogen (secondary N) is 3. The van der Waals surface area contributed by atoms with Crippen LogP contribution in [0.1, 0.15) is 10.4 Å². The molecule has 5 N–H and O–H groups in total. The highest BCUT2D eigenvalue weighted by molar-refractivity contribution is 7.89. The van der Waals surface area contributed by atoms with E-state index < -0.39 is 10.0 Å². The lowest BCUT2D eigenvalue weighted by atomic mass is 10.2. The summed E-state index contributed by atoms with van der Waals surface area (Å²) >= 11 is 5.10. The van der Waals surface area contributed by atoms with Crippen LogP contribution in [0.25, 0.3) is 5.69 Å². The van der Waals surface area contributed by atoms with Crippen LogP contribution < -0.4 is 21.3 Å². The van der Waals surface area contributed by atoms with Crippen molar-refractivity contribution in [1.29, 1.82) is 0 Å². The molecule has 0 spiro atoms. The number of benzene rings is 2. The SMILES string of the molecule is NS(=O)(=O)c1ccc(NC(=S)NNC(=O)c2ccc(-n3cccc3)cc2)cc1. The van der Waals surface area contributed by atoms with E-state index >= 15 is 0 Å². The Morgan fingerprint density at radius 2 is 1.54 bits per heavy atom. The van der Waals surface area contributed by atoms with Gasteiger partial charge in [0, 0.05) is 29.3 Å². The molecule has 0 aliphatic heterocycles. The van der Waals surface area contributed by atoms with Crippen molar-refractivity contribution in [3.63, 3.8) is 0 Å². The van der Waals surface area contributed by atoms with Crippen molar-refractivity contribution < 1.29 is 13.2 Å². The maximum absolute atomic E-state index is 12.2. The zero-order valence-electron chi connectivity index (χ0n) is 14.5. The number of rotatable bonds is 4. The largest absolute Gasteiger partial charge is 0.331 e. The van der Waals surface area contributed by atoms with Gasteiger partial charge in [-0.2, -0.15) is 0 Å². The molecule has 3 rings (SSSR count). The number of hydrogen-bond donors (Lipinski definition) is 4. The van der Waals surface area contributed by atoms with E-state index in [1.165, 1.54) is 24.3 Å². The molecule has 0 atom stereocenters. The molecule has 0 saturated heterocycles. The van der Waals surface area contributed by atoms with Gasteiger partial charge in [-0.1, -0.05) is 0 Å². The zero-order valence-corrected chi connectivity index (χ0v) is 16.1. The molecule has 0 aliphatic rings.